The summed E-state index contributed by atoms with van der Waals surface area (Å²) < 4.78 is 13.3. The van der Waals surface area contributed by atoms with Crippen LogP contribution >= 0.6 is 0 Å². The van der Waals surface area contributed by atoms with Crippen LogP contribution in [0.4, 0.5) is 4.39 Å². The largest absolute Gasteiger partial charge is 0.352 e. The van der Waals surface area contributed by atoms with Crippen LogP contribution in [-0.4, -0.2) is 17.4 Å². The van der Waals surface area contributed by atoms with Crippen molar-refractivity contribution >= 4 is 5.91 Å². The highest BCUT2D eigenvalue weighted by molar-refractivity contribution is 5.94. The van der Waals surface area contributed by atoms with Crippen LogP contribution in [0.2, 0.25) is 0 Å². The first-order chi connectivity index (χ1) is 9.16. The molecule has 19 heavy (non-hydrogen) atoms. The van der Waals surface area contributed by atoms with Gasteiger partial charge in [-0.3, -0.25) is 9.78 Å². The van der Waals surface area contributed by atoms with Crippen LogP contribution < -0.4 is 5.32 Å². The number of carbonyl (C=O) groups excluding carboxylic acids is 1. The van der Waals surface area contributed by atoms with Crippen LogP contribution in [0.5, 0.6) is 0 Å². The molecule has 4 heteroatoms. The summed E-state index contributed by atoms with van der Waals surface area (Å²) in [5.74, 6) is 0.645. The fourth-order valence-corrected chi connectivity index (χ4v) is 2.66. The van der Waals surface area contributed by atoms with Crippen molar-refractivity contribution in [3.63, 3.8) is 0 Å². The van der Waals surface area contributed by atoms with Gasteiger partial charge in [0.1, 0.15) is 0 Å². The lowest BCUT2D eigenvalue weighted by molar-refractivity contribution is 0.0945. The van der Waals surface area contributed by atoms with Crippen LogP contribution in [0.25, 0.3) is 0 Å². The number of hydrogen-bond donors (Lipinski definition) is 1. The molecule has 1 heterocycles. The summed E-state index contributed by atoms with van der Waals surface area (Å²) in [6.45, 7) is 2.92. The van der Waals surface area contributed by atoms with E-state index in [9.17, 15) is 9.18 Å². The van der Waals surface area contributed by atoms with E-state index >= 15 is 0 Å². The minimum atomic E-state index is -0.563. The van der Waals surface area contributed by atoms with Crippen molar-refractivity contribution in [2.24, 2.45) is 11.8 Å². The van der Waals surface area contributed by atoms with Crippen LogP contribution in [0.1, 0.15) is 49.4 Å². The molecule has 0 bridgehead atoms. The summed E-state index contributed by atoms with van der Waals surface area (Å²) in [5.41, 5.74) is 0.0762. The van der Waals surface area contributed by atoms with E-state index < -0.39 is 5.82 Å². The lowest BCUT2D eigenvalue weighted by Crippen LogP contribution is -2.27. The van der Waals surface area contributed by atoms with Crippen molar-refractivity contribution in [3.05, 3.63) is 29.8 Å². The van der Waals surface area contributed by atoms with Crippen molar-refractivity contribution in [3.8, 4) is 0 Å². The van der Waals surface area contributed by atoms with E-state index in [4.69, 9.17) is 0 Å². The van der Waals surface area contributed by atoms with Crippen LogP contribution in [0.15, 0.2) is 18.5 Å². The van der Waals surface area contributed by atoms with E-state index in [1.54, 1.807) is 0 Å². The van der Waals surface area contributed by atoms with Gasteiger partial charge in [-0.1, -0.05) is 32.6 Å². The molecular weight excluding hydrogens is 243 g/mol. The van der Waals surface area contributed by atoms with E-state index in [-0.39, 0.29) is 11.5 Å². The fraction of sp³-hybridized carbons (Fsp3) is 0.600. The van der Waals surface area contributed by atoms with Crippen molar-refractivity contribution in [2.45, 2.75) is 39.0 Å². The molecule has 1 saturated carbocycles. The van der Waals surface area contributed by atoms with Crippen molar-refractivity contribution in [2.75, 3.05) is 6.54 Å². The summed E-state index contributed by atoms with van der Waals surface area (Å²) in [4.78, 5) is 15.4. The van der Waals surface area contributed by atoms with Gasteiger partial charge in [0.05, 0.1) is 11.8 Å². The lowest BCUT2D eigenvalue weighted by atomic mass is 9.81. The van der Waals surface area contributed by atoms with Crippen LogP contribution in [0.3, 0.4) is 0 Å². The molecule has 0 atom stereocenters. The average molecular weight is 264 g/mol. The van der Waals surface area contributed by atoms with Crippen molar-refractivity contribution in [1.82, 2.24) is 10.3 Å². The molecule has 0 saturated heterocycles. The smallest absolute Gasteiger partial charge is 0.254 e. The Balaban J connectivity index is 1.74. The lowest BCUT2D eigenvalue weighted by Gasteiger charge is -2.26. The number of halogens is 1. The van der Waals surface area contributed by atoms with Gasteiger partial charge in [-0.05, 0) is 24.3 Å². The average Bonchev–Trinajstić information content (AvgIpc) is 2.41. The molecule has 0 aromatic carbocycles. The minimum Gasteiger partial charge on any atom is -0.352 e. The second-order valence-corrected chi connectivity index (χ2v) is 5.53. The van der Waals surface area contributed by atoms with Gasteiger partial charge < -0.3 is 5.32 Å². The summed E-state index contributed by atoms with van der Waals surface area (Å²) in [5, 5.41) is 2.79. The molecular formula is C15H21FN2O. The normalized spacial score (nSPS) is 23.1. The third-order valence-corrected chi connectivity index (χ3v) is 3.99. The Labute approximate surface area is 113 Å². The van der Waals surface area contributed by atoms with E-state index in [1.165, 1.54) is 37.9 Å². The first kappa shape index (κ1) is 14.0. The fourth-order valence-electron chi connectivity index (χ4n) is 2.66. The van der Waals surface area contributed by atoms with Crippen LogP contribution in [-0.2, 0) is 0 Å². The summed E-state index contributed by atoms with van der Waals surface area (Å²) in [6, 6.07) is 1.41. The molecule has 1 fully saturated rings. The van der Waals surface area contributed by atoms with Gasteiger partial charge in [0, 0.05) is 12.7 Å². The zero-order chi connectivity index (χ0) is 13.7. The van der Waals surface area contributed by atoms with E-state index in [0.29, 0.717) is 12.5 Å². The molecule has 0 radical (unpaired) electrons. The van der Waals surface area contributed by atoms with Gasteiger partial charge in [0.25, 0.3) is 5.91 Å². The van der Waals surface area contributed by atoms with Gasteiger partial charge in [0.15, 0.2) is 5.82 Å². The zero-order valence-electron chi connectivity index (χ0n) is 11.4. The standard InChI is InChI=1S/C15H21FN2O/c1-11-2-4-12(5-3-11)6-9-18-15(19)13-7-8-17-10-14(13)16/h7-8,10-12H,2-6,9H2,1H3,(H,18,19). The highest BCUT2D eigenvalue weighted by Crippen LogP contribution is 2.29. The number of carbonyl (C=O) groups is 1. The first-order valence-corrected chi connectivity index (χ1v) is 7.04. The van der Waals surface area contributed by atoms with Gasteiger partial charge in [-0.15, -0.1) is 0 Å². The maximum Gasteiger partial charge on any atom is 0.254 e. The topological polar surface area (TPSA) is 42.0 Å². The van der Waals surface area contributed by atoms with Gasteiger partial charge >= 0.3 is 0 Å². The van der Waals surface area contributed by atoms with E-state index in [2.05, 4.69) is 17.2 Å². The zero-order valence-corrected chi connectivity index (χ0v) is 11.4. The second kappa shape index (κ2) is 6.64. The molecule has 1 aliphatic carbocycles. The van der Waals surface area contributed by atoms with Crippen molar-refractivity contribution < 1.29 is 9.18 Å². The van der Waals surface area contributed by atoms with Crippen LogP contribution in [0, 0.1) is 17.7 Å². The highest BCUT2D eigenvalue weighted by Gasteiger charge is 2.18. The third kappa shape index (κ3) is 4.01. The predicted octanol–water partition coefficient (Wildman–Crippen LogP) is 3.17. The summed E-state index contributed by atoms with van der Waals surface area (Å²) in [6.07, 6.45) is 8.57. The number of amides is 1. The molecule has 1 aromatic heterocycles. The molecule has 1 aromatic rings. The SMILES string of the molecule is CC1CCC(CCNC(=O)c2ccncc2F)CC1. The quantitative estimate of drug-likeness (QED) is 0.907. The van der Waals surface area contributed by atoms with E-state index in [1.807, 2.05) is 0 Å². The predicted molar refractivity (Wildman–Crippen MR) is 72.3 cm³/mol. The molecule has 3 nitrogen and oxygen atoms in total. The molecule has 2 rings (SSSR count). The number of hydrogen-bond acceptors (Lipinski definition) is 2. The Hall–Kier alpha value is -1.45. The monoisotopic (exact) mass is 264 g/mol. The Morgan fingerprint density at radius 1 is 1.42 bits per heavy atom. The first-order valence-electron chi connectivity index (χ1n) is 7.04. The Bertz CT molecular complexity index is 428. The second-order valence-electron chi connectivity index (χ2n) is 5.53. The Morgan fingerprint density at radius 3 is 2.84 bits per heavy atom. The number of nitrogens with one attached hydrogen (secondary N) is 1. The molecule has 0 unspecified atom stereocenters. The maximum atomic E-state index is 13.3. The third-order valence-electron chi connectivity index (χ3n) is 3.99. The number of pyridine rings is 1. The van der Waals surface area contributed by atoms with Crippen molar-refractivity contribution in [1.29, 1.82) is 0 Å². The Morgan fingerprint density at radius 2 is 2.16 bits per heavy atom. The summed E-state index contributed by atoms with van der Waals surface area (Å²) >= 11 is 0. The molecule has 1 N–H and O–H groups in total. The summed E-state index contributed by atoms with van der Waals surface area (Å²) in [7, 11) is 0. The number of rotatable bonds is 4. The molecule has 0 spiro atoms. The Kier molecular flexibility index (Phi) is 4.88. The van der Waals surface area contributed by atoms with Gasteiger partial charge in [-0.2, -0.15) is 0 Å². The highest BCUT2D eigenvalue weighted by atomic mass is 19.1. The maximum absolute atomic E-state index is 13.3. The van der Waals surface area contributed by atoms with Gasteiger partial charge in [0.2, 0.25) is 0 Å². The van der Waals surface area contributed by atoms with Gasteiger partial charge in [-0.25, -0.2) is 4.39 Å². The molecule has 1 amide bonds. The molecule has 1 aliphatic rings. The number of aromatic nitrogens is 1. The molecule has 104 valence electrons. The minimum absolute atomic E-state index is 0.0762. The molecule has 0 aliphatic heterocycles. The van der Waals surface area contributed by atoms with E-state index in [0.717, 1.165) is 18.5 Å². The number of nitrogens with zero attached hydrogens (tertiary/aromatic N) is 1.